The van der Waals surface area contributed by atoms with E-state index in [1.165, 1.54) is 26.4 Å². The molecule has 0 aromatic heterocycles. The highest BCUT2D eigenvalue weighted by molar-refractivity contribution is 6.11. The molecule has 1 aromatic carbocycles. The van der Waals surface area contributed by atoms with Crippen LogP contribution in [0.1, 0.15) is 16.8 Å². The van der Waals surface area contributed by atoms with Gasteiger partial charge in [0, 0.05) is 0 Å². The maximum atomic E-state index is 12.2. The van der Waals surface area contributed by atoms with Gasteiger partial charge in [-0.25, -0.2) is 0 Å². The molecule has 2 rings (SSSR count). The van der Waals surface area contributed by atoms with E-state index in [9.17, 15) is 14.4 Å². The Morgan fingerprint density at radius 2 is 2.05 bits per heavy atom. The minimum absolute atomic E-state index is 0.210. The summed E-state index contributed by atoms with van der Waals surface area (Å²) >= 11 is 0. The number of nitrogens with two attached hydrogens (primary N) is 1. The summed E-state index contributed by atoms with van der Waals surface area (Å²) in [6.45, 7) is 0. The van der Waals surface area contributed by atoms with Crippen molar-refractivity contribution < 1.29 is 23.9 Å². The fourth-order valence-electron chi connectivity index (χ4n) is 1.98. The molecule has 4 N–H and O–H groups in total. The van der Waals surface area contributed by atoms with E-state index in [4.69, 9.17) is 10.5 Å². The highest BCUT2D eigenvalue weighted by atomic mass is 16.5. The number of nitrogens with one attached hydrogen (secondary N) is 2. The minimum Gasteiger partial charge on any atom is -0.495 e. The molecule has 0 spiro atoms. The van der Waals surface area contributed by atoms with Crippen molar-refractivity contribution in [3.8, 4) is 5.75 Å². The van der Waals surface area contributed by atoms with Gasteiger partial charge in [0.15, 0.2) is 0 Å². The van der Waals surface area contributed by atoms with Gasteiger partial charge in [-0.05, 0) is 12.1 Å². The number of fused-ring (bicyclic) bond motifs is 1. The van der Waals surface area contributed by atoms with Crippen LogP contribution in [0.2, 0.25) is 0 Å². The highest BCUT2D eigenvalue weighted by Gasteiger charge is 2.30. The van der Waals surface area contributed by atoms with Crippen LogP contribution in [0.3, 0.4) is 0 Å². The average Bonchev–Trinajstić information content (AvgIpc) is 2.55. The number of carbonyl (C=O) groups is 3. The van der Waals surface area contributed by atoms with Crippen molar-refractivity contribution >= 4 is 29.2 Å². The Kier molecular flexibility index (Phi) is 3.97. The first-order chi connectivity index (χ1) is 9.96. The number of rotatable bonds is 3. The second-order valence-corrected chi connectivity index (χ2v) is 4.44. The number of anilines is 2. The third-order valence-electron chi connectivity index (χ3n) is 3.09. The third kappa shape index (κ3) is 2.88. The van der Waals surface area contributed by atoms with Crippen molar-refractivity contribution in [2.45, 2.75) is 12.5 Å². The highest BCUT2D eigenvalue weighted by Crippen LogP contribution is 2.30. The lowest BCUT2D eigenvalue weighted by Gasteiger charge is -2.12. The van der Waals surface area contributed by atoms with Crippen molar-refractivity contribution in [3.05, 3.63) is 17.7 Å². The molecule has 0 fully saturated rings. The largest absolute Gasteiger partial charge is 0.495 e. The van der Waals surface area contributed by atoms with Crippen molar-refractivity contribution in [2.24, 2.45) is 0 Å². The van der Waals surface area contributed by atoms with Gasteiger partial charge >= 0.3 is 5.97 Å². The summed E-state index contributed by atoms with van der Waals surface area (Å²) in [5.41, 5.74) is 6.52. The molecule has 1 aromatic rings. The topological polar surface area (TPSA) is 120 Å². The predicted octanol–water partition coefficient (Wildman–Crippen LogP) is -0.109. The van der Waals surface area contributed by atoms with Crippen molar-refractivity contribution in [1.29, 1.82) is 0 Å². The quantitative estimate of drug-likeness (QED) is 0.528. The molecule has 0 unspecified atom stereocenters. The summed E-state index contributed by atoms with van der Waals surface area (Å²) in [7, 11) is 2.63. The molecule has 0 bridgehead atoms. The van der Waals surface area contributed by atoms with Gasteiger partial charge < -0.3 is 25.8 Å². The van der Waals surface area contributed by atoms with Gasteiger partial charge in [-0.3, -0.25) is 14.4 Å². The monoisotopic (exact) mass is 293 g/mol. The fourth-order valence-corrected chi connectivity index (χ4v) is 1.98. The Labute approximate surface area is 120 Å². The van der Waals surface area contributed by atoms with Crippen LogP contribution in [0.5, 0.6) is 5.75 Å². The number of hydrogen-bond acceptors (Lipinski definition) is 6. The summed E-state index contributed by atoms with van der Waals surface area (Å²) in [4.78, 5) is 35.5. The molecule has 0 saturated carbocycles. The first kappa shape index (κ1) is 14.6. The summed E-state index contributed by atoms with van der Waals surface area (Å²) in [5.74, 6) is -1.30. The van der Waals surface area contributed by atoms with Crippen LogP contribution in [-0.4, -0.2) is 38.0 Å². The maximum absolute atomic E-state index is 12.2. The van der Waals surface area contributed by atoms with Gasteiger partial charge in [-0.2, -0.15) is 0 Å². The SMILES string of the molecule is COC(=O)C[C@@H]1NC(=O)c2cc(OC)c(N)cc2NC1=O. The number of carbonyl (C=O) groups excluding carboxylic acids is 3. The normalized spacial score (nSPS) is 17.1. The average molecular weight is 293 g/mol. The molecule has 0 radical (unpaired) electrons. The summed E-state index contributed by atoms with van der Waals surface area (Å²) in [6, 6.07) is 1.86. The van der Waals surface area contributed by atoms with E-state index in [0.717, 1.165) is 0 Å². The summed E-state index contributed by atoms with van der Waals surface area (Å²) < 4.78 is 9.54. The van der Waals surface area contributed by atoms with Crippen LogP contribution in [-0.2, 0) is 14.3 Å². The van der Waals surface area contributed by atoms with E-state index in [0.29, 0.717) is 5.75 Å². The molecule has 1 heterocycles. The van der Waals surface area contributed by atoms with Crippen LogP contribution < -0.4 is 21.1 Å². The van der Waals surface area contributed by atoms with Gasteiger partial charge in [0.05, 0.1) is 37.6 Å². The van der Waals surface area contributed by atoms with Gasteiger partial charge in [0.1, 0.15) is 11.8 Å². The first-order valence-corrected chi connectivity index (χ1v) is 6.12. The third-order valence-corrected chi connectivity index (χ3v) is 3.09. The number of methoxy groups -OCH3 is 2. The molecule has 1 atom stereocenters. The Morgan fingerprint density at radius 3 is 2.67 bits per heavy atom. The molecule has 21 heavy (non-hydrogen) atoms. The van der Waals surface area contributed by atoms with Crippen molar-refractivity contribution in [3.63, 3.8) is 0 Å². The lowest BCUT2D eigenvalue weighted by atomic mass is 10.1. The van der Waals surface area contributed by atoms with Crippen LogP contribution in [0.4, 0.5) is 11.4 Å². The van der Waals surface area contributed by atoms with Gasteiger partial charge in [-0.1, -0.05) is 0 Å². The lowest BCUT2D eigenvalue weighted by molar-refractivity contribution is -0.142. The molecule has 112 valence electrons. The second kappa shape index (κ2) is 5.70. The Bertz CT molecular complexity index is 614. The van der Waals surface area contributed by atoms with Crippen LogP contribution in [0.15, 0.2) is 12.1 Å². The molecule has 1 aliphatic rings. The second-order valence-electron chi connectivity index (χ2n) is 4.44. The minimum atomic E-state index is -1.01. The molecule has 8 nitrogen and oxygen atoms in total. The number of nitrogen functional groups attached to an aromatic ring is 1. The molecule has 2 amide bonds. The summed E-state index contributed by atoms with van der Waals surface area (Å²) in [5, 5.41) is 5.03. The zero-order chi connectivity index (χ0) is 15.6. The fraction of sp³-hybridized carbons (Fsp3) is 0.308. The predicted molar refractivity (Wildman–Crippen MR) is 73.9 cm³/mol. The zero-order valence-electron chi connectivity index (χ0n) is 11.6. The van der Waals surface area contributed by atoms with E-state index in [1.54, 1.807) is 0 Å². The zero-order valence-corrected chi connectivity index (χ0v) is 11.6. The van der Waals surface area contributed by atoms with E-state index in [1.807, 2.05) is 0 Å². The molecule has 0 aliphatic carbocycles. The standard InChI is InChI=1S/C13H15N3O5/c1-20-10-3-6-8(4-7(10)14)15-13(19)9(16-12(6)18)5-11(17)21-2/h3-4,9H,5,14H2,1-2H3,(H,15,19)(H,16,18)/t9-/m0/s1. The van der Waals surface area contributed by atoms with E-state index < -0.39 is 23.8 Å². The number of hydrogen-bond donors (Lipinski definition) is 3. The molecular weight excluding hydrogens is 278 g/mol. The molecule has 8 heteroatoms. The van der Waals surface area contributed by atoms with Crippen LogP contribution in [0, 0.1) is 0 Å². The smallest absolute Gasteiger partial charge is 0.308 e. The van der Waals surface area contributed by atoms with Crippen LogP contribution >= 0.6 is 0 Å². The van der Waals surface area contributed by atoms with Gasteiger partial charge in [0.25, 0.3) is 5.91 Å². The van der Waals surface area contributed by atoms with Crippen molar-refractivity contribution in [2.75, 3.05) is 25.3 Å². The molecule has 0 saturated heterocycles. The lowest BCUT2D eigenvalue weighted by Crippen LogP contribution is -2.42. The first-order valence-electron chi connectivity index (χ1n) is 6.12. The number of ether oxygens (including phenoxy) is 2. The van der Waals surface area contributed by atoms with E-state index in [2.05, 4.69) is 15.4 Å². The Morgan fingerprint density at radius 1 is 1.33 bits per heavy atom. The Balaban J connectivity index is 2.35. The number of esters is 1. The van der Waals surface area contributed by atoms with E-state index >= 15 is 0 Å². The number of benzene rings is 1. The Hall–Kier alpha value is -2.77. The summed E-state index contributed by atoms with van der Waals surface area (Å²) in [6.07, 6.45) is -0.255. The maximum Gasteiger partial charge on any atom is 0.308 e. The molecule has 1 aliphatic heterocycles. The van der Waals surface area contributed by atoms with E-state index in [-0.39, 0.29) is 23.4 Å². The van der Waals surface area contributed by atoms with Crippen LogP contribution in [0.25, 0.3) is 0 Å². The van der Waals surface area contributed by atoms with Gasteiger partial charge in [0.2, 0.25) is 5.91 Å². The van der Waals surface area contributed by atoms with Gasteiger partial charge in [-0.15, -0.1) is 0 Å². The number of amides is 2. The molecular formula is C13H15N3O5. The van der Waals surface area contributed by atoms with Crippen molar-refractivity contribution in [1.82, 2.24) is 5.32 Å².